The summed E-state index contributed by atoms with van der Waals surface area (Å²) in [6, 6.07) is 1.88. The predicted molar refractivity (Wildman–Crippen MR) is 47.9 cm³/mol. The van der Waals surface area contributed by atoms with E-state index in [1.54, 1.807) is 12.4 Å². The smallest absolute Gasteiger partial charge is 0.142 e. The lowest BCUT2D eigenvalue weighted by Crippen LogP contribution is -2.03. The third kappa shape index (κ3) is 2.20. The Morgan fingerprint density at radius 3 is 3.08 bits per heavy atom. The molecule has 0 fully saturated rings. The third-order valence-corrected chi connectivity index (χ3v) is 1.55. The van der Waals surface area contributed by atoms with Crippen molar-refractivity contribution in [3.05, 3.63) is 24.0 Å². The van der Waals surface area contributed by atoms with E-state index in [9.17, 15) is 0 Å². The van der Waals surface area contributed by atoms with E-state index in [0.29, 0.717) is 6.54 Å². The first-order valence-electron chi connectivity index (χ1n) is 4.14. The molecular formula is C9H14N2O. The van der Waals surface area contributed by atoms with E-state index < -0.39 is 0 Å². The molecule has 66 valence electrons. The summed E-state index contributed by atoms with van der Waals surface area (Å²) in [6.45, 7) is 3.29. The zero-order chi connectivity index (χ0) is 8.81. The van der Waals surface area contributed by atoms with Crippen LogP contribution in [0.5, 0.6) is 5.75 Å². The van der Waals surface area contributed by atoms with Crippen molar-refractivity contribution in [1.29, 1.82) is 0 Å². The summed E-state index contributed by atoms with van der Waals surface area (Å²) in [5.74, 6) is 0.807. The second kappa shape index (κ2) is 4.72. The van der Waals surface area contributed by atoms with Gasteiger partial charge < -0.3 is 10.5 Å². The van der Waals surface area contributed by atoms with Crippen LogP contribution in [0.1, 0.15) is 18.9 Å². The number of aromatic nitrogens is 1. The molecular weight excluding hydrogens is 152 g/mol. The van der Waals surface area contributed by atoms with Crippen molar-refractivity contribution in [2.24, 2.45) is 5.73 Å². The summed E-state index contributed by atoms with van der Waals surface area (Å²) < 4.78 is 5.43. The summed E-state index contributed by atoms with van der Waals surface area (Å²) in [7, 11) is 0. The van der Waals surface area contributed by atoms with Gasteiger partial charge in [-0.25, -0.2) is 0 Å². The van der Waals surface area contributed by atoms with Crippen LogP contribution in [-0.4, -0.2) is 11.6 Å². The maximum atomic E-state index is 5.51. The molecule has 0 atom stereocenters. The first kappa shape index (κ1) is 9.00. The number of nitrogens with two attached hydrogens (primary N) is 1. The van der Waals surface area contributed by atoms with Crippen molar-refractivity contribution in [3.63, 3.8) is 0 Å². The maximum Gasteiger partial charge on any atom is 0.142 e. The molecule has 3 heteroatoms. The summed E-state index contributed by atoms with van der Waals surface area (Å²) >= 11 is 0. The molecule has 0 bridgehead atoms. The molecule has 3 nitrogen and oxygen atoms in total. The number of ether oxygens (including phenoxy) is 1. The van der Waals surface area contributed by atoms with Gasteiger partial charge >= 0.3 is 0 Å². The zero-order valence-corrected chi connectivity index (χ0v) is 7.29. The normalized spacial score (nSPS) is 9.83. The van der Waals surface area contributed by atoms with Crippen LogP contribution in [0.25, 0.3) is 0 Å². The largest absolute Gasteiger partial charge is 0.492 e. The second-order valence-electron chi connectivity index (χ2n) is 2.54. The summed E-state index contributed by atoms with van der Waals surface area (Å²) in [5, 5.41) is 0. The number of hydrogen-bond acceptors (Lipinski definition) is 3. The first-order valence-corrected chi connectivity index (χ1v) is 4.14. The lowest BCUT2D eigenvalue weighted by Gasteiger charge is -2.07. The van der Waals surface area contributed by atoms with Crippen molar-refractivity contribution in [2.45, 2.75) is 19.9 Å². The van der Waals surface area contributed by atoms with E-state index in [1.165, 1.54) is 0 Å². The van der Waals surface area contributed by atoms with Crippen molar-refractivity contribution < 1.29 is 4.74 Å². The summed E-state index contributed by atoms with van der Waals surface area (Å²) in [5.41, 5.74) is 6.53. The van der Waals surface area contributed by atoms with Crippen LogP contribution in [0.2, 0.25) is 0 Å². The van der Waals surface area contributed by atoms with Gasteiger partial charge in [0.05, 0.1) is 12.8 Å². The highest BCUT2D eigenvalue weighted by atomic mass is 16.5. The summed E-state index contributed by atoms with van der Waals surface area (Å²) in [4.78, 5) is 3.97. The fourth-order valence-corrected chi connectivity index (χ4v) is 0.919. The fourth-order valence-electron chi connectivity index (χ4n) is 0.919. The van der Waals surface area contributed by atoms with Gasteiger partial charge in [0.2, 0.25) is 0 Å². The fraction of sp³-hybridized carbons (Fsp3) is 0.444. The van der Waals surface area contributed by atoms with Gasteiger partial charge in [-0.2, -0.15) is 0 Å². The lowest BCUT2D eigenvalue weighted by molar-refractivity contribution is 0.313. The molecule has 0 saturated heterocycles. The van der Waals surface area contributed by atoms with Gasteiger partial charge in [-0.3, -0.25) is 4.98 Å². The monoisotopic (exact) mass is 166 g/mol. The maximum absolute atomic E-state index is 5.51. The molecule has 0 saturated carbocycles. The second-order valence-corrected chi connectivity index (χ2v) is 2.54. The van der Waals surface area contributed by atoms with Crippen molar-refractivity contribution in [1.82, 2.24) is 4.98 Å². The third-order valence-electron chi connectivity index (χ3n) is 1.55. The molecule has 12 heavy (non-hydrogen) atoms. The SMILES string of the molecule is CCCOc1cnccc1CN. The standard InChI is InChI=1S/C9H14N2O/c1-2-5-12-9-7-11-4-3-8(9)6-10/h3-4,7H,2,5-6,10H2,1H3. The number of rotatable bonds is 4. The molecule has 0 unspecified atom stereocenters. The highest BCUT2D eigenvalue weighted by Gasteiger charge is 1.99. The van der Waals surface area contributed by atoms with Crippen molar-refractivity contribution in [3.8, 4) is 5.75 Å². The Labute approximate surface area is 72.6 Å². The van der Waals surface area contributed by atoms with E-state index in [2.05, 4.69) is 11.9 Å². The number of nitrogens with zero attached hydrogens (tertiary/aromatic N) is 1. The van der Waals surface area contributed by atoms with E-state index in [-0.39, 0.29) is 0 Å². The van der Waals surface area contributed by atoms with Gasteiger partial charge in [0.25, 0.3) is 0 Å². The molecule has 0 aliphatic carbocycles. The van der Waals surface area contributed by atoms with Crippen LogP contribution in [0.4, 0.5) is 0 Å². The molecule has 0 spiro atoms. The van der Waals surface area contributed by atoms with Gasteiger partial charge in [-0.05, 0) is 12.5 Å². The predicted octanol–water partition coefficient (Wildman–Crippen LogP) is 1.33. The Balaban J connectivity index is 2.68. The first-order chi connectivity index (χ1) is 5.88. The Hall–Kier alpha value is -1.09. The van der Waals surface area contributed by atoms with E-state index in [0.717, 1.165) is 24.3 Å². The molecule has 1 rings (SSSR count). The van der Waals surface area contributed by atoms with Crippen molar-refractivity contribution >= 4 is 0 Å². The Morgan fingerprint density at radius 2 is 2.42 bits per heavy atom. The molecule has 1 heterocycles. The van der Waals surface area contributed by atoms with Crippen LogP contribution in [-0.2, 0) is 6.54 Å². The van der Waals surface area contributed by atoms with Gasteiger partial charge in [-0.1, -0.05) is 6.92 Å². The van der Waals surface area contributed by atoms with Crippen LogP contribution in [0.3, 0.4) is 0 Å². The van der Waals surface area contributed by atoms with Gasteiger partial charge in [-0.15, -0.1) is 0 Å². The Morgan fingerprint density at radius 1 is 1.58 bits per heavy atom. The topological polar surface area (TPSA) is 48.1 Å². The van der Waals surface area contributed by atoms with Crippen LogP contribution < -0.4 is 10.5 Å². The van der Waals surface area contributed by atoms with Crippen LogP contribution >= 0.6 is 0 Å². The molecule has 1 aromatic heterocycles. The number of pyridine rings is 1. The number of hydrogen-bond donors (Lipinski definition) is 1. The van der Waals surface area contributed by atoms with Crippen LogP contribution in [0.15, 0.2) is 18.5 Å². The highest BCUT2D eigenvalue weighted by Crippen LogP contribution is 2.15. The minimum Gasteiger partial charge on any atom is -0.492 e. The molecule has 0 aromatic carbocycles. The Bertz CT molecular complexity index is 238. The molecule has 2 N–H and O–H groups in total. The molecule has 0 radical (unpaired) electrons. The minimum absolute atomic E-state index is 0.502. The average Bonchev–Trinajstić information content (AvgIpc) is 2.15. The molecule has 1 aromatic rings. The van der Waals surface area contributed by atoms with Crippen molar-refractivity contribution in [2.75, 3.05) is 6.61 Å². The Kier molecular flexibility index (Phi) is 3.54. The zero-order valence-electron chi connectivity index (χ0n) is 7.29. The van der Waals surface area contributed by atoms with Gasteiger partial charge in [0.1, 0.15) is 5.75 Å². The average molecular weight is 166 g/mol. The molecule has 0 aliphatic rings. The quantitative estimate of drug-likeness (QED) is 0.734. The highest BCUT2D eigenvalue weighted by molar-refractivity contribution is 5.29. The molecule has 0 amide bonds. The van der Waals surface area contributed by atoms with E-state index >= 15 is 0 Å². The minimum atomic E-state index is 0.502. The lowest BCUT2D eigenvalue weighted by atomic mass is 10.2. The van der Waals surface area contributed by atoms with Crippen LogP contribution in [0, 0.1) is 0 Å². The molecule has 0 aliphatic heterocycles. The summed E-state index contributed by atoms with van der Waals surface area (Å²) in [6.07, 6.45) is 4.43. The van der Waals surface area contributed by atoms with Gasteiger partial charge in [0.15, 0.2) is 0 Å². The van der Waals surface area contributed by atoms with Gasteiger partial charge in [0, 0.05) is 18.3 Å². The van der Waals surface area contributed by atoms with E-state index in [1.807, 2.05) is 6.07 Å². The van der Waals surface area contributed by atoms with E-state index in [4.69, 9.17) is 10.5 Å².